The van der Waals surface area contributed by atoms with E-state index in [0.29, 0.717) is 42.9 Å². The molecule has 0 saturated carbocycles. The number of anilines is 2. The molecule has 0 amide bonds. The zero-order valence-corrected chi connectivity index (χ0v) is 17.3. The number of hydrogen-bond acceptors (Lipinski definition) is 6. The summed E-state index contributed by atoms with van der Waals surface area (Å²) in [6.45, 7) is 0. The van der Waals surface area contributed by atoms with E-state index in [1.54, 1.807) is 43.5 Å². The van der Waals surface area contributed by atoms with Crippen molar-refractivity contribution >= 4 is 51.3 Å². The van der Waals surface area contributed by atoms with Gasteiger partial charge in [0.05, 0.1) is 37.0 Å². The number of aromatic nitrogens is 1. The first-order valence-corrected chi connectivity index (χ1v) is 9.64. The third-order valence-electron chi connectivity index (χ3n) is 3.84. The van der Waals surface area contributed by atoms with Crippen LogP contribution in [0.3, 0.4) is 0 Å². The minimum atomic E-state index is -0.943. The number of nitrogens with one attached hydrogen (secondary N) is 1. The van der Waals surface area contributed by atoms with Crippen LogP contribution in [-0.2, 0) is 11.2 Å². The highest BCUT2D eigenvalue weighted by Gasteiger charge is 2.18. The summed E-state index contributed by atoms with van der Waals surface area (Å²) >= 11 is 13.4. The average Bonchev–Trinajstić information content (AvgIpc) is 3.05. The average molecular weight is 439 g/mol. The summed E-state index contributed by atoms with van der Waals surface area (Å²) in [5.41, 5.74) is 1.90. The number of hydrogen-bond donors (Lipinski definition) is 2. The molecule has 2 aromatic carbocycles. The number of carboxylic acid groups (broad SMARTS) is 1. The Morgan fingerprint density at radius 1 is 1.14 bits per heavy atom. The van der Waals surface area contributed by atoms with Crippen LogP contribution in [0.1, 0.15) is 4.88 Å². The summed E-state index contributed by atoms with van der Waals surface area (Å²) in [6, 6.07) is 10.4. The lowest BCUT2D eigenvalue weighted by atomic mass is 10.1. The Labute approximate surface area is 175 Å². The van der Waals surface area contributed by atoms with Gasteiger partial charge < -0.3 is 19.9 Å². The Bertz CT molecular complexity index is 1020. The molecule has 28 heavy (non-hydrogen) atoms. The van der Waals surface area contributed by atoms with E-state index in [-0.39, 0.29) is 6.42 Å². The summed E-state index contributed by atoms with van der Waals surface area (Å²) in [6.07, 6.45) is -0.155. The van der Waals surface area contributed by atoms with Gasteiger partial charge in [-0.3, -0.25) is 4.79 Å². The van der Waals surface area contributed by atoms with Crippen molar-refractivity contribution in [1.29, 1.82) is 0 Å². The second kappa shape index (κ2) is 8.68. The molecule has 2 N–H and O–H groups in total. The summed E-state index contributed by atoms with van der Waals surface area (Å²) in [7, 11) is 3.09. The normalized spacial score (nSPS) is 10.6. The summed E-state index contributed by atoms with van der Waals surface area (Å²) in [4.78, 5) is 16.5. The zero-order valence-electron chi connectivity index (χ0n) is 15.0. The number of carboxylic acids is 1. The zero-order chi connectivity index (χ0) is 20.3. The monoisotopic (exact) mass is 438 g/mol. The van der Waals surface area contributed by atoms with Gasteiger partial charge in [-0.15, -0.1) is 11.3 Å². The van der Waals surface area contributed by atoms with Gasteiger partial charge >= 0.3 is 5.97 Å². The molecule has 6 nitrogen and oxygen atoms in total. The van der Waals surface area contributed by atoms with Gasteiger partial charge in [0.2, 0.25) is 0 Å². The Morgan fingerprint density at radius 3 is 2.54 bits per heavy atom. The van der Waals surface area contributed by atoms with Crippen LogP contribution in [0, 0.1) is 0 Å². The van der Waals surface area contributed by atoms with Crippen LogP contribution in [0.5, 0.6) is 11.5 Å². The molecule has 0 radical (unpaired) electrons. The van der Waals surface area contributed by atoms with E-state index in [1.807, 2.05) is 0 Å². The van der Waals surface area contributed by atoms with E-state index >= 15 is 0 Å². The molecule has 1 aromatic heterocycles. The molecule has 0 fully saturated rings. The molecule has 0 saturated heterocycles. The van der Waals surface area contributed by atoms with Crippen molar-refractivity contribution in [2.45, 2.75) is 6.42 Å². The molecule has 3 rings (SSSR count). The first-order chi connectivity index (χ1) is 13.4. The lowest BCUT2D eigenvalue weighted by Gasteiger charge is -2.09. The molecular weight excluding hydrogens is 423 g/mol. The highest BCUT2D eigenvalue weighted by Crippen LogP contribution is 2.38. The summed E-state index contributed by atoms with van der Waals surface area (Å²) in [5, 5.41) is 13.9. The molecule has 146 valence electrons. The number of nitrogens with zero attached hydrogens (tertiary/aromatic N) is 1. The van der Waals surface area contributed by atoms with Crippen LogP contribution in [0.25, 0.3) is 11.3 Å². The van der Waals surface area contributed by atoms with Gasteiger partial charge in [0.15, 0.2) is 16.6 Å². The predicted octanol–water partition coefficient (Wildman–Crippen LogP) is 5.50. The van der Waals surface area contributed by atoms with Crippen molar-refractivity contribution in [1.82, 2.24) is 4.98 Å². The molecule has 3 aromatic rings. The molecule has 0 aliphatic carbocycles. The molecule has 9 heteroatoms. The second-order valence-electron chi connectivity index (χ2n) is 5.68. The number of carbonyl (C=O) groups is 1. The summed E-state index contributed by atoms with van der Waals surface area (Å²) < 4.78 is 10.6. The van der Waals surface area contributed by atoms with E-state index in [9.17, 15) is 9.90 Å². The molecular formula is C19H16Cl2N2O4S. The van der Waals surface area contributed by atoms with E-state index in [1.165, 1.54) is 18.4 Å². The van der Waals surface area contributed by atoms with E-state index in [0.717, 1.165) is 5.56 Å². The minimum absolute atomic E-state index is 0.155. The fourth-order valence-electron chi connectivity index (χ4n) is 2.58. The number of ether oxygens (including phenoxy) is 2. The van der Waals surface area contributed by atoms with Crippen LogP contribution >= 0.6 is 34.5 Å². The van der Waals surface area contributed by atoms with Crippen molar-refractivity contribution in [3.05, 3.63) is 51.3 Å². The Hall–Kier alpha value is -2.48. The molecule has 1 heterocycles. The number of methoxy groups -OCH3 is 2. The quantitative estimate of drug-likeness (QED) is 0.506. The third kappa shape index (κ3) is 4.49. The van der Waals surface area contributed by atoms with Gasteiger partial charge in [-0.25, -0.2) is 4.98 Å². The van der Waals surface area contributed by atoms with E-state index in [4.69, 9.17) is 32.7 Å². The second-order valence-corrected chi connectivity index (χ2v) is 7.61. The highest BCUT2D eigenvalue weighted by molar-refractivity contribution is 7.16. The van der Waals surface area contributed by atoms with Gasteiger partial charge in [-0.2, -0.15) is 0 Å². The van der Waals surface area contributed by atoms with Gasteiger partial charge in [-0.1, -0.05) is 23.2 Å². The molecule has 0 unspecified atom stereocenters. The number of aliphatic carboxylic acids is 1. The Balaban J connectivity index is 2.01. The lowest BCUT2D eigenvalue weighted by Crippen LogP contribution is -1.99. The van der Waals surface area contributed by atoms with Gasteiger partial charge in [0.1, 0.15) is 0 Å². The lowest BCUT2D eigenvalue weighted by molar-refractivity contribution is -0.136. The van der Waals surface area contributed by atoms with Crippen LogP contribution in [0.4, 0.5) is 10.8 Å². The van der Waals surface area contributed by atoms with E-state index in [2.05, 4.69) is 10.3 Å². The molecule has 0 bridgehead atoms. The number of thiazole rings is 1. The van der Waals surface area contributed by atoms with Crippen molar-refractivity contribution in [3.8, 4) is 22.8 Å². The predicted molar refractivity (Wildman–Crippen MR) is 112 cm³/mol. The number of rotatable bonds is 7. The number of benzene rings is 2. The van der Waals surface area contributed by atoms with Gasteiger partial charge in [0, 0.05) is 15.5 Å². The largest absolute Gasteiger partial charge is 0.493 e. The maximum atomic E-state index is 11.3. The first kappa shape index (κ1) is 20.3. The fraction of sp³-hybridized carbons (Fsp3) is 0.158. The van der Waals surface area contributed by atoms with Crippen LogP contribution in [0.2, 0.25) is 10.0 Å². The Kier molecular flexibility index (Phi) is 6.28. The molecule has 0 aliphatic heterocycles. The maximum absolute atomic E-state index is 11.3. The number of halogens is 2. The van der Waals surface area contributed by atoms with E-state index < -0.39 is 5.97 Å². The summed E-state index contributed by atoms with van der Waals surface area (Å²) in [5.74, 6) is 0.165. The molecule has 0 spiro atoms. The highest BCUT2D eigenvalue weighted by atomic mass is 35.5. The molecule has 0 atom stereocenters. The third-order valence-corrected chi connectivity index (χ3v) is 5.36. The fourth-order valence-corrected chi connectivity index (χ4v) is 4.02. The first-order valence-electron chi connectivity index (χ1n) is 8.07. The SMILES string of the molecule is COc1ccc(-c2nc(Nc3ccc(Cl)cc3Cl)sc2CC(=O)O)cc1OC. The van der Waals surface area contributed by atoms with Crippen molar-refractivity contribution in [3.63, 3.8) is 0 Å². The van der Waals surface area contributed by atoms with Gasteiger partial charge in [0.25, 0.3) is 0 Å². The van der Waals surface area contributed by atoms with Crippen molar-refractivity contribution < 1.29 is 19.4 Å². The standard InChI is InChI=1S/C19H16Cl2N2O4S/c1-26-14-6-3-10(7-15(14)27-2)18-16(9-17(24)25)28-19(23-18)22-13-5-4-11(20)8-12(13)21/h3-8H,9H2,1-2H3,(H,22,23)(H,24,25). The topological polar surface area (TPSA) is 80.7 Å². The Morgan fingerprint density at radius 2 is 1.89 bits per heavy atom. The minimum Gasteiger partial charge on any atom is -0.493 e. The maximum Gasteiger partial charge on any atom is 0.308 e. The van der Waals surface area contributed by atoms with Crippen LogP contribution < -0.4 is 14.8 Å². The molecule has 0 aliphatic rings. The smallest absolute Gasteiger partial charge is 0.308 e. The van der Waals surface area contributed by atoms with Crippen molar-refractivity contribution in [2.75, 3.05) is 19.5 Å². The van der Waals surface area contributed by atoms with Gasteiger partial charge in [-0.05, 0) is 36.4 Å². The van der Waals surface area contributed by atoms with Crippen LogP contribution in [-0.4, -0.2) is 30.3 Å². The van der Waals surface area contributed by atoms with Crippen LogP contribution in [0.15, 0.2) is 36.4 Å². The van der Waals surface area contributed by atoms with Crippen molar-refractivity contribution in [2.24, 2.45) is 0 Å².